The number of nitrogens with one attached hydrogen (secondary N) is 1. The van der Waals surface area contributed by atoms with Crippen molar-refractivity contribution in [2.75, 3.05) is 20.2 Å². The molecule has 0 amide bonds. The number of aromatic nitrogens is 2. The first-order valence-electron chi connectivity index (χ1n) is 5.51. The molecule has 0 spiro atoms. The van der Waals surface area contributed by atoms with Crippen molar-refractivity contribution in [3.05, 3.63) is 18.1 Å². The molecule has 0 saturated carbocycles. The highest BCUT2D eigenvalue weighted by atomic mass is 19.1. The van der Waals surface area contributed by atoms with Crippen LogP contribution in [-0.4, -0.2) is 30.2 Å². The molecule has 5 heteroatoms. The van der Waals surface area contributed by atoms with Crippen molar-refractivity contribution in [1.29, 1.82) is 0 Å². The minimum atomic E-state index is -1.41. The number of nitrogens with zero attached hydrogens (tertiary/aromatic N) is 2. The fourth-order valence-electron chi connectivity index (χ4n) is 2.05. The lowest BCUT2D eigenvalue weighted by molar-refractivity contribution is 0.132. The van der Waals surface area contributed by atoms with Gasteiger partial charge in [-0.3, -0.25) is 4.98 Å². The van der Waals surface area contributed by atoms with Crippen LogP contribution in [0.4, 0.5) is 4.39 Å². The van der Waals surface area contributed by atoms with Gasteiger partial charge in [0.1, 0.15) is 5.69 Å². The van der Waals surface area contributed by atoms with Crippen LogP contribution in [0.3, 0.4) is 0 Å². The Morgan fingerprint density at radius 2 is 2.12 bits per heavy atom. The van der Waals surface area contributed by atoms with Crippen LogP contribution in [0.5, 0.6) is 5.88 Å². The van der Waals surface area contributed by atoms with Crippen molar-refractivity contribution in [3.63, 3.8) is 0 Å². The number of hydrogen-bond donors (Lipinski definition) is 1. The molecule has 2 rings (SSSR count). The molecular formula is C11H16FN3O. The number of alkyl halides is 1. The van der Waals surface area contributed by atoms with E-state index in [4.69, 9.17) is 4.74 Å². The van der Waals surface area contributed by atoms with Gasteiger partial charge in [-0.1, -0.05) is 0 Å². The molecule has 1 saturated heterocycles. The lowest BCUT2D eigenvalue weighted by Gasteiger charge is -2.23. The van der Waals surface area contributed by atoms with Crippen molar-refractivity contribution in [2.24, 2.45) is 0 Å². The van der Waals surface area contributed by atoms with Crippen LogP contribution >= 0.6 is 0 Å². The minimum Gasteiger partial charge on any atom is -0.480 e. The predicted molar refractivity (Wildman–Crippen MR) is 58.1 cm³/mol. The Hall–Kier alpha value is -1.23. The van der Waals surface area contributed by atoms with Gasteiger partial charge in [0.25, 0.3) is 0 Å². The first-order chi connectivity index (χ1) is 7.76. The number of rotatable bonds is 2. The van der Waals surface area contributed by atoms with Gasteiger partial charge < -0.3 is 10.1 Å². The maximum absolute atomic E-state index is 14.8. The Morgan fingerprint density at radius 1 is 1.31 bits per heavy atom. The van der Waals surface area contributed by atoms with Crippen LogP contribution in [-0.2, 0) is 5.67 Å². The van der Waals surface area contributed by atoms with E-state index in [2.05, 4.69) is 15.3 Å². The molecule has 0 radical (unpaired) electrons. The summed E-state index contributed by atoms with van der Waals surface area (Å²) in [6.45, 7) is 1.52. The lowest BCUT2D eigenvalue weighted by Crippen LogP contribution is -2.24. The standard InChI is InChI=1S/C11H16FN3O/c1-16-10-9(14-7-8-15-10)11(12)3-2-5-13-6-4-11/h7-8,13H,2-6H2,1H3. The van der Waals surface area contributed by atoms with Crippen molar-refractivity contribution < 1.29 is 9.13 Å². The van der Waals surface area contributed by atoms with Gasteiger partial charge >= 0.3 is 0 Å². The van der Waals surface area contributed by atoms with Crippen LogP contribution in [0.2, 0.25) is 0 Å². The topological polar surface area (TPSA) is 47.0 Å². The van der Waals surface area contributed by atoms with Crippen molar-refractivity contribution in [2.45, 2.75) is 24.9 Å². The minimum absolute atomic E-state index is 0.298. The van der Waals surface area contributed by atoms with Gasteiger partial charge in [-0.05, 0) is 32.4 Å². The van der Waals surface area contributed by atoms with E-state index in [0.717, 1.165) is 13.0 Å². The SMILES string of the molecule is COc1nccnc1C1(F)CCCNCC1. The Morgan fingerprint density at radius 3 is 2.94 bits per heavy atom. The van der Waals surface area contributed by atoms with E-state index in [0.29, 0.717) is 31.0 Å². The second-order valence-electron chi connectivity index (χ2n) is 3.98. The van der Waals surface area contributed by atoms with Crippen LogP contribution < -0.4 is 10.1 Å². The molecule has 1 atom stereocenters. The molecule has 1 aliphatic heterocycles. The summed E-state index contributed by atoms with van der Waals surface area (Å²) in [6.07, 6.45) is 4.71. The third-order valence-corrected chi connectivity index (χ3v) is 2.91. The number of ether oxygens (including phenoxy) is 1. The molecular weight excluding hydrogens is 209 g/mol. The van der Waals surface area contributed by atoms with Crippen LogP contribution in [0, 0.1) is 0 Å². The van der Waals surface area contributed by atoms with E-state index in [-0.39, 0.29) is 0 Å². The largest absolute Gasteiger partial charge is 0.480 e. The smallest absolute Gasteiger partial charge is 0.238 e. The van der Waals surface area contributed by atoms with Crippen LogP contribution in [0.1, 0.15) is 25.0 Å². The summed E-state index contributed by atoms with van der Waals surface area (Å²) in [5, 5.41) is 3.18. The molecule has 0 aliphatic carbocycles. The van der Waals surface area contributed by atoms with E-state index in [1.165, 1.54) is 19.5 Å². The predicted octanol–water partition coefficient (Wildman–Crippen LogP) is 1.42. The second kappa shape index (κ2) is 4.74. The fourth-order valence-corrected chi connectivity index (χ4v) is 2.05. The summed E-state index contributed by atoms with van der Waals surface area (Å²) in [7, 11) is 1.49. The summed E-state index contributed by atoms with van der Waals surface area (Å²) in [6, 6.07) is 0. The van der Waals surface area contributed by atoms with Crippen LogP contribution in [0.15, 0.2) is 12.4 Å². The highest BCUT2D eigenvalue weighted by Gasteiger charge is 2.37. The zero-order valence-electron chi connectivity index (χ0n) is 9.37. The highest BCUT2D eigenvalue weighted by molar-refractivity contribution is 5.24. The van der Waals surface area contributed by atoms with E-state index < -0.39 is 5.67 Å². The third kappa shape index (κ3) is 2.14. The average molecular weight is 225 g/mol. The number of halogens is 1. The van der Waals surface area contributed by atoms with Gasteiger partial charge in [0.05, 0.1) is 7.11 Å². The van der Waals surface area contributed by atoms with E-state index in [1.807, 2.05) is 0 Å². The van der Waals surface area contributed by atoms with Gasteiger partial charge in [-0.15, -0.1) is 0 Å². The monoisotopic (exact) mass is 225 g/mol. The van der Waals surface area contributed by atoms with E-state index in [1.54, 1.807) is 0 Å². The summed E-state index contributed by atoms with van der Waals surface area (Å²) < 4.78 is 19.9. The Kier molecular flexibility index (Phi) is 3.33. The molecule has 0 bridgehead atoms. The first-order valence-corrected chi connectivity index (χ1v) is 5.51. The van der Waals surface area contributed by atoms with Crippen molar-refractivity contribution in [3.8, 4) is 5.88 Å². The normalized spacial score (nSPS) is 26.1. The summed E-state index contributed by atoms with van der Waals surface area (Å²) in [5.41, 5.74) is -1.08. The molecule has 1 unspecified atom stereocenters. The van der Waals surface area contributed by atoms with Gasteiger partial charge in [0, 0.05) is 12.4 Å². The first kappa shape index (κ1) is 11.3. The molecule has 1 N–H and O–H groups in total. The summed E-state index contributed by atoms with van der Waals surface area (Å²) >= 11 is 0. The Balaban J connectivity index is 2.32. The molecule has 1 fully saturated rings. The summed E-state index contributed by atoms with van der Waals surface area (Å²) in [5.74, 6) is 0.298. The molecule has 1 aliphatic rings. The van der Waals surface area contributed by atoms with E-state index in [9.17, 15) is 4.39 Å². The number of methoxy groups -OCH3 is 1. The Bertz CT molecular complexity index is 351. The van der Waals surface area contributed by atoms with E-state index >= 15 is 0 Å². The van der Waals surface area contributed by atoms with Crippen molar-refractivity contribution in [1.82, 2.24) is 15.3 Å². The zero-order valence-corrected chi connectivity index (χ0v) is 9.37. The average Bonchev–Trinajstić information content (AvgIpc) is 2.55. The molecule has 1 aromatic heterocycles. The van der Waals surface area contributed by atoms with Gasteiger partial charge in [0.2, 0.25) is 5.88 Å². The zero-order chi connectivity index (χ0) is 11.4. The number of hydrogen-bond acceptors (Lipinski definition) is 4. The molecule has 2 heterocycles. The van der Waals surface area contributed by atoms with Gasteiger partial charge in [-0.2, -0.15) is 0 Å². The maximum Gasteiger partial charge on any atom is 0.238 e. The third-order valence-electron chi connectivity index (χ3n) is 2.91. The Labute approximate surface area is 94.2 Å². The van der Waals surface area contributed by atoms with Crippen LogP contribution in [0.25, 0.3) is 0 Å². The fraction of sp³-hybridized carbons (Fsp3) is 0.636. The second-order valence-corrected chi connectivity index (χ2v) is 3.98. The quantitative estimate of drug-likeness (QED) is 0.827. The lowest BCUT2D eigenvalue weighted by atomic mass is 9.93. The van der Waals surface area contributed by atoms with Gasteiger partial charge in [-0.25, -0.2) is 9.37 Å². The van der Waals surface area contributed by atoms with Gasteiger partial charge in [0.15, 0.2) is 5.67 Å². The highest BCUT2D eigenvalue weighted by Crippen LogP contribution is 2.37. The summed E-state index contributed by atoms with van der Waals surface area (Å²) in [4.78, 5) is 8.10. The molecule has 1 aromatic rings. The van der Waals surface area contributed by atoms with Crippen molar-refractivity contribution >= 4 is 0 Å². The molecule has 88 valence electrons. The molecule has 0 aromatic carbocycles. The molecule has 16 heavy (non-hydrogen) atoms. The molecule has 4 nitrogen and oxygen atoms in total. The maximum atomic E-state index is 14.8.